The second-order valence-electron chi connectivity index (χ2n) is 5.12. The van der Waals surface area contributed by atoms with Crippen molar-refractivity contribution in [2.24, 2.45) is 17.6 Å². The topological polar surface area (TPSA) is 75.4 Å². The predicted octanol–water partition coefficient (Wildman–Crippen LogP) is 0.344. The lowest BCUT2D eigenvalue weighted by molar-refractivity contribution is -0.142. The van der Waals surface area contributed by atoms with Crippen molar-refractivity contribution in [2.75, 3.05) is 20.1 Å². The minimum absolute atomic E-state index is 0.0285. The first-order chi connectivity index (χ1) is 8.51. The molecule has 0 aromatic rings. The van der Waals surface area contributed by atoms with Gasteiger partial charge in [-0.25, -0.2) is 0 Å². The number of nitrogens with one attached hydrogen (secondary N) is 1. The van der Waals surface area contributed by atoms with Crippen LogP contribution < -0.4 is 11.1 Å². The SMILES string of the molecule is CCN(CC(=O)NC)C(=O)C1C(C)CCCC1N. The molecule has 2 amide bonds. The third-order valence-corrected chi connectivity index (χ3v) is 3.86. The van der Waals surface area contributed by atoms with Gasteiger partial charge in [-0.05, 0) is 25.7 Å². The molecule has 18 heavy (non-hydrogen) atoms. The molecule has 104 valence electrons. The van der Waals surface area contributed by atoms with Crippen LogP contribution in [0, 0.1) is 11.8 Å². The van der Waals surface area contributed by atoms with E-state index in [2.05, 4.69) is 12.2 Å². The second-order valence-corrected chi connectivity index (χ2v) is 5.12. The summed E-state index contributed by atoms with van der Waals surface area (Å²) in [5.41, 5.74) is 6.08. The third kappa shape index (κ3) is 3.45. The van der Waals surface area contributed by atoms with Crippen LogP contribution in [-0.2, 0) is 9.59 Å². The summed E-state index contributed by atoms with van der Waals surface area (Å²) in [6.45, 7) is 4.64. The molecule has 1 fully saturated rings. The highest BCUT2D eigenvalue weighted by atomic mass is 16.2. The van der Waals surface area contributed by atoms with E-state index in [0.29, 0.717) is 12.5 Å². The van der Waals surface area contributed by atoms with Crippen LogP contribution in [-0.4, -0.2) is 42.9 Å². The van der Waals surface area contributed by atoms with E-state index in [1.165, 1.54) is 0 Å². The van der Waals surface area contributed by atoms with Crippen LogP contribution in [0.2, 0.25) is 0 Å². The minimum atomic E-state index is -0.137. The average Bonchev–Trinajstić information content (AvgIpc) is 2.35. The van der Waals surface area contributed by atoms with Crippen molar-refractivity contribution >= 4 is 11.8 Å². The zero-order chi connectivity index (χ0) is 13.7. The van der Waals surface area contributed by atoms with Crippen LogP contribution in [0.5, 0.6) is 0 Å². The molecule has 0 spiro atoms. The molecule has 0 aliphatic heterocycles. The highest BCUT2D eigenvalue weighted by Crippen LogP contribution is 2.30. The van der Waals surface area contributed by atoms with Crippen molar-refractivity contribution in [1.29, 1.82) is 0 Å². The molecule has 5 heteroatoms. The molecule has 3 unspecified atom stereocenters. The van der Waals surface area contributed by atoms with Crippen LogP contribution >= 0.6 is 0 Å². The van der Waals surface area contributed by atoms with Gasteiger partial charge in [0.15, 0.2) is 0 Å². The Bertz CT molecular complexity index is 297. The molecule has 1 saturated carbocycles. The van der Waals surface area contributed by atoms with Gasteiger partial charge in [-0.15, -0.1) is 0 Å². The number of likely N-dealkylation sites (N-methyl/N-ethyl adjacent to an activating group) is 2. The summed E-state index contributed by atoms with van der Waals surface area (Å²) >= 11 is 0. The van der Waals surface area contributed by atoms with Crippen molar-refractivity contribution in [3.05, 3.63) is 0 Å². The summed E-state index contributed by atoms with van der Waals surface area (Å²) in [7, 11) is 1.58. The highest BCUT2D eigenvalue weighted by Gasteiger charge is 2.36. The quantitative estimate of drug-likeness (QED) is 0.761. The van der Waals surface area contributed by atoms with Gasteiger partial charge in [0.1, 0.15) is 0 Å². The molecule has 0 aromatic heterocycles. The van der Waals surface area contributed by atoms with Crippen LogP contribution in [0.3, 0.4) is 0 Å². The number of hydrogen-bond donors (Lipinski definition) is 2. The van der Waals surface area contributed by atoms with Crippen molar-refractivity contribution in [1.82, 2.24) is 10.2 Å². The van der Waals surface area contributed by atoms with Gasteiger partial charge in [0, 0.05) is 19.6 Å². The van der Waals surface area contributed by atoms with E-state index in [-0.39, 0.29) is 30.3 Å². The van der Waals surface area contributed by atoms with E-state index < -0.39 is 0 Å². The summed E-state index contributed by atoms with van der Waals surface area (Å²) in [6, 6.07) is -0.0695. The maximum atomic E-state index is 12.5. The first kappa shape index (κ1) is 15.0. The Balaban J connectivity index is 2.72. The number of hydrogen-bond acceptors (Lipinski definition) is 3. The fourth-order valence-electron chi connectivity index (χ4n) is 2.69. The van der Waals surface area contributed by atoms with Gasteiger partial charge < -0.3 is 16.0 Å². The minimum Gasteiger partial charge on any atom is -0.358 e. The molecule has 1 aliphatic carbocycles. The van der Waals surface area contributed by atoms with Gasteiger partial charge >= 0.3 is 0 Å². The monoisotopic (exact) mass is 255 g/mol. The lowest BCUT2D eigenvalue weighted by atomic mass is 9.76. The predicted molar refractivity (Wildman–Crippen MR) is 70.8 cm³/mol. The van der Waals surface area contributed by atoms with Crippen molar-refractivity contribution in [3.8, 4) is 0 Å². The van der Waals surface area contributed by atoms with E-state index in [4.69, 9.17) is 5.73 Å². The molecule has 3 N–H and O–H groups in total. The summed E-state index contributed by atoms with van der Waals surface area (Å²) < 4.78 is 0. The maximum absolute atomic E-state index is 12.5. The first-order valence-electron chi connectivity index (χ1n) is 6.76. The van der Waals surface area contributed by atoms with Gasteiger partial charge in [-0.2, -0.15) is 0 Å². The summed E-state index contributed by atoms with van der Waals surface area (Å²) in [5.74, 6) is 0.0615. The molecule has 1 rings (SSSR count). The van der Waals surface area contributed by atoms with Crippen molar-refractivity contribution in [2.45, 2.75) is 39.2 Å². The van der Waals surface area contributed by atoms with Gasteiger partial charge in [0.25, 0.3) is 0 Å². The lowest BCUT2D eigenvalue weighted by Crippen LogP contribution is -2.50. The molecule has 0 radical (unpaired) electrons. The molecule has 5 nitrogen and oxygen atoms in total. The fourth-order valence-corrected chi connectivity index (χ4v) is 2.69. The summed E-state index contributed by atoms with van der Waals surface area (Å²) in [6.07, 6.45) is 3.04. The largest absolute Gasteiger partial charge is 0.358 e. The van der Waals surface area contributed by atoms with Crippen LogP contribution in [0.15, 0.2) is 0 Å². The molecule has 3 atom stereocenters. The van der Waals surface area contributed by atoms with Gasteiger partial charge in [-0.3, -0.25) is 9.59 Å². The van der Waals surface area contributed by atoms with Gasteiger partial charge in [-0.1, -0.05) is 13.3 Å². The van der Waals surface area contributed by atoms with E-state index in [0.717, 1.165) is 19.3 Å². The number of nitrogens with two attached hydrogens (primary N) is 1. The Morgan fingerprint density at radius 3 is 2.56 bits per heavy atom. The normalized spacial score (nSPS) is 27.7. The number of nitrogens with zero attached hydrogens (tertiary/aromatic N) is 1. The highest BCUT2D eigenvalue weighted by molar-refractivity contribution is 5.86. The number of amides is 2. The summed E-state index contributed by atoms with van der Waals surface area (Å²) in [5, 5.41) is 2.55. The summed E-state index contributed by atoms with van der Waals surface area (Å²) in [4.78, 5) is 25.5. The second kappa shape index (κ2) is 6.73. The molecule has 0 saturated heterocycles. The zero-order valence-corrected chi connectivity index (χ0v) is 11.6. The Hall–Kier alpha value is -1.10. The number of rotatable bonds is 4. The van der Waals surface area contributed by atoms with E-state index in [1.807, 2.05) is 6.92 Å². The molecule has 0 bridgehead atoms. The van der Waals surface area contributed by atoms with E-state index in [1.54, 1.807) is 11.9 Å². The molecule has 0 heterocycles. The van der Waals surface area contributed by atoms with Crippen molar-refractivity contribution < 1.29 is 9.59 Å². The Labute approximate surface area is 109 Å². The van der Waals surface area contributed by atoms with Crippen LogP contribution in [0.25, 0.3) is 0 Å². The Kier molecular flexibility index (Phi) is 5.59. The number of carbonyl (C=O) groups is 2. The van der Waals surface area contributed by atoms with E-state index >= 15 is 0 Å². The van der Waals surface area contributed by atoms with Crippen LogP contribution in [0.4, 0.5) is 0 Å². The molecule has 0 aromatic carbocycles. The third-order valence-electron chi connectivity index (χ3n) is 3.86. The smallest absolute Gasteiger partial charge is 0.239 e. The first-order valence-corrected chi connectivity index (χ1v) is 6.76. The van der Waals surface area contributed by atoms with Crippen molar-refractivity contribution in [3.63, 3.8) is 0 Å². The standard InChI is InChI=1S/C13H25N3O2/c1-4-16(8-11(17)15-3)13(18)12-9(2)6-5-7-10(12)14/h9-10,12H,4-8,14H2,1-3H3,(H,15,17). The zero-order valence-electron chi connectivity index (χ0n) is 11.6. The van der Waals surface area contributed by atoms with Crippen LogP contribution in [0.1, 0.15) is 33.1 Å². The van der Waals surface area contributed by atoms with Gasteiger partial charge in [0.2, 0.25) is 11.8 Å². The van der Waals surface area contributed by atoms with Gasteiger partial charge in [0.05, 0.1) is 12.5 Å². The number of carbonyl (C=O) groups excluding carboxylic acids is 2. The Morgan fingerprint density at radius 1 is 1.39 bits per heavy atom. The molecule has 1 aliphatic rings. The molecular weight excluding hydrogens is 230 g/mol. The maximum Gasteiger partial charge on any atom is 0.239 e. The lowest BCUT2D eigenvalue weighted by Gasteiger charge is -2.36. The Morgan fingerprint density at radius 2 is 2.06 bits per heavy atom. The fraction of sp³-hybridized carbons (Fsp3) is 0.846. The average molecular weight is 255 g/mol. The molecular formula is C13H25N3O2. The van der Waals surface area contributed by atoms with E-state index in [9.17, 15) is 9.59 Å².